The Morgan fingerprint density at radius 1 is 1.00 bits per heavy atom. The number of ether oxygens (including phenoxy) is 2. The summed E-state index contributed by atoms with van der Waals surface area (Å²) in [5.41, 5.74) is 8.57. The number of amides is 1. The topological polar surface area (TPSA) is 64.8 Å². The van der Waals surface area contributed by atoms with Crippen LogP contribution in [0.3, 0.4) is 0 Å². The second kappa shape index (κ2) is 10.4. The highest BCUT2D eigenvalue weighted by Crippen LogP contribution is 2.43. The van der Waals surface area contributed by atoms with Crippen molar-refractivity contribution in [2.75, 3.05) is 20.8 Å². The van der Waals surface area contributed by atoms with Crippen LogP contribution in [-0.2, 0) is 17.6 Å². The SMILES string of the molecule is COc1cc2c(cc1OC)[C@H](CCc1cc(F)c(F)cc1F)N([C@@H](C(N)=O)c1ccccc1)CC2. The number of rotatable bonds is 8. The minimum Gasteiger partial charge on any atom is -0.493 e. The molecule has 35 heavy (non-hydrogen) atoms. The molecule has 2 atom stereocenters. The summed E-state index contributed by atoms with van der Waals surface area (Å²) in [6.07, 6.45) is 1.09. The summed E-state index contributed by atoms with van der Waals surface area (Å²) < 4.78 is 52.7. The fraction of sp³-hybridized carbons (Fsp3) is 0.296. The van der Waals surface area contributed by atoms with Crippen LogP contribution < -0.4 is 15.2 Å². The maximum absolute atomic E-state index is 14.4. The summed E-state index contributed by atoms with van der Waals surface area (Å²) in [6.45, 7) is 0.510. The van der Waals surface area contributed by atoms with Crippen molar-refractivity contribution in [3.05, 3.63) is 94.3 Å². The molecular formula is C27H27F3N2O3. The van der Waals surface area contributed by atoms with Gasteiger partial charge in [-0.3, -0.25) is 9.69 Å². The van der Waals surface area contributed by atoms with Gasteiger partial charge in [0, 0.05) is 18.7 Å². The van der Waals surface area contributed by atoms with Crippen LogP contribution in [0.15, 0.2) is 54.6 Å². The summed E-state index contributed by atoms with van der Waals surface area (Å²) in [6, 6.07) is 13.3. The number of benzene rings is 3. The van der Waals surface area contributed by atoms with Gasteiger partial charge in [0.2, 0.25) is 5.91 Å². The molecular weight excluding hydrogens is 457 g/mol. The summed E-state index contributed by atoms with van der Waals surface area (Å²) in [5.74, 6) is -2.55. The Morgan fingerprint density at radius 3 is 2.31 bits per heavy atom. The van der Waals surface area contributed by atoms with Gasteiger partial charge in [-0.25, -0.2) is 13.2 Å². The van der Waals surface area contributed by atoms with Gasteiger partial charge in [0.25, 0.3) is 0 Å². The largest absolute Gasteiger partial charge is 0.493 e. The Balaban J connectivity index is 1.77. The van der Waals surface area contributed by atoms with E-state index in [0.717, 1.165) is 22.8 Å². The number of hydrogen-bond donors (Lipinski definition) is 1. The predicted octanol–water partition coefficient (Wildman–Crippen LogP) is 4.88. The van der Waals surface area contributed by atoms with E-state index < -0.39 is 29.4 Å². The van der Waals surface area contributed by atoms with Crippen LogP contribution in [0.25, 0.3) is 0 Å². The summed E-state index contributed by atoms with van der Waals surface area (Å²) >= 11 is 0. The van der Waals surface area contributed by atoms with Gasteiger partial charge in [-0.1, -0.05) is 30.3 Å². The first kappa shape index (κ1) is 24.6. The number of nitrogens with two attached hydrogens (primary N) is 1. The molecule has 0 bridgehead atoms. The monoisotopic (exact) mass is 484 g/mol. The number of fused-ring (bicyclic) bond motifs is 1. The zero-order valence-electron chi connectivity index (χ0n) is 19.6. The Morgan fingerprint density at radius 2 is 1.66 bits per heavy atom. The molecule has 0 radical (unpaired) electrons. The molecule has 2 N–H and O–H groups in total. The highest BCUT2D eigenvalue weighted by Gasteiger charge is 2.36. The van der Waals surface area contributed by atoms with E-state index in [1.54, 1.807) is 7.11 Å². The molecule has 184 valence electrons. The van der Waals surface area contributed by atoms with Crippen LogP contribution in [0.2, 0.25) is 0 Å². The van der Waals surface area contributed by atoms with Crippen LogP contribution in [0.4, 0.5) is 13.2 Å². The molecule has 0 aromatic heterocycles. The first-order chi connectivity index (χ1) is 16.8. The maximum Gasteiger partial charge on any atom is 0.239 e. The van der Waals surface area contributed by atoms with Gasteiger partial charge < -0.3 is 15.2 Å². The average molecular weight is 485 g/mol. The predicted molar refractivity (Wildman–Crippen MR) is 126 cm³/mol. The van der Waals surface area contributed by atoms with E-state index in [0.29, 0.717) is 37.0 Å². The second-order valence-corrected chi connectivity index (χ2v) is 8.52. The van der Waals surface area contributed by atoms with E-state index in [1.165, 1.54) is 7.11 Å². The van der Waals surface area contributed by atoms with Crippen molar-refractivity contribution in [2.24, 2.45) is 5.73 Å². The zero-order valence-corrected chi connectivity index (χ0v) is 19.6. The fourth-order valence-electron chi connectivity index (χ4n) is 4.88. The van der Waals surface area contributed by atoms with E-state index in [2.05, 4.69) is 0 Å². The van der Waals surface area contributed by atoms with Crippen LogP contribution in [-0.4, -0.2) is 31.6 Å². The lowest BCUT2D eigenvalue weighted by Crippen LogP contribution is -2.44. The molecule has 3 aromatic rings. The highest BCUT2D eigenvalue weighted by molar-refractivity contribution is 5.81. The molecule has 1 aliphatic heterocycles. The summed E-state index contributed by atoms with van der Waals surface area (Å²) in [4.78, 5) is 14.7. The number of methoxy groups -OCH3 is 2. The average Bonchev–Trinajstić information content (AvgIpc) is 2.85. The molecule has 3 aromatic carbocycles. The molecule has 0 spiro atoms. The molecule has 1 aliphatic rings. The van der Waals surface area contributed by atoms with Crippen LogP contribution in [0.1, 0.15) is 40.8 Å². The van der Waals surface area contributed by atoms with Gasteiger partial charge in [-0.2, -0.15) is 0 Å². The van der Waals surface area contributed by atoms with Gasteiger partial charge in [0.1, 0.15) is 11.9 Å². The fourth-order valence-corrected chi connectivity index (χ4v) is 4.88. The van der Waals surface area contributed by atoms with E-state index in [1.807, 2.05) is 47.4 Å². The minimum atomic E-state index is -1.23. The number of carbonyl (C=O) groups is 1. The van der Waals surface area contributed by atoms with Gasteiger partial charge in [0.15, 0.2) is 23.1 Å². The molecule has 0 saturated carbocycles. The van der Waals surface area contributed by atoms with E-state index in [-0.39, 0.29) is 18.0 Å². The van der Waals surface area contributed by atoms with Crippen molar-refractivity contribution in [2.45, 2.75) is 31.3 Å². The highest BCUT2D eigenvalue weighted by atomic mass is 19.2. The first-order valence-corrected chi connectivity index (χ1v) is 11.3. The number of aryl methyl sites for hydroxylation is 1. The summed E-state index contributed by atoms with van der Waals surface area (Å²) in [5, 5.41) is 0. The maximum atomic E-state index is 14.4. The molecule has 0 saturated heterocycles. The Kier molecular flexibility index (Phi) is 7.31. The van der Waals surface area contributed by atoms with E-state index in [4.69, 9.17) is 15.2 Å². The number of hydrogen-bond acceptors (Lipinski definition) is 4. The van der Waals surface area contributed by atoms with Gasteiger partial charge >= 0.3 is 0 Å². The lowest BCUT2D eigenvalue weighted by atomic mass is 9.86. The van der Waals surface area contributed by atoms with Gasteiger partial charge in [-0.15, -0.1) is 0 Å². The summed E-state index contributed by atoms with van der Waals surface area (Å²) in [7, 11) is 3.09. The molecule has 8 heteroatoms. The molecule has 0 aliphatic carbocycles. The zero-order chi connectivity index (χ0) is 25.1. The lowest BCUT2D eigenvalue weighted by Gasteiger charge is -2.41. The standard InChI is InChI=1S/C27H27F3N2O3/c1-34-24-13-17-10-11-32(26(27(31)33)16-6-4-3-5-7-16)23(19(17)14-25(24)35-2)9-8-18-12-21(29)22(30)15-20(18)28/h3-7,12-15,23,26H,8-11H2,1-2H3,(H2,31,33)/t23-,26+/m0/s1. The number of carbonyl (C=O) groups excluding carboxylic acids is 1. The van der Waals surface area contributed by atoms with Crippen molar-refractivity contribution in [1.29, 1.82) is 0 Å². The van der Waals surface area contributed by atoms with Crippen molar-refractivity contribution in [1.82, 2.24) is 4.90 Å². The molecule has 4 rings (SSSR count). The third-order valence-corrected chi connectivity index (χ3v) is 6.54. The number of halogens is 3. The molecule has 1 heterocycles. The van der Waals surface area contributed by atoms with Gasteiger partial charge in [0.05, 0.1) is 14.2 Å². The quantitative estimate of drug-likeness (QED) is 0.463. The van der Waals surface area contributed by atoms with E-state index >= 15 is 0 Å². The smallest absolute Gasteiger partial charge is 0.239 e. The lowest BCUT2D eigenvalue weighted by molar-refractivity contribution is -0.124. The second-order valence-electron chi connectivity index (χ2n) is 8.52. The van der Waals surface area contributed by atoms with Crippen molar-refractivity contribution in [3.63, 3.8) is 0 Å². The Labute approximate surface area is 202 Å². The number of primary amides is 1. The van der Waals surface area contributed by atoms with Crippen LogP contribution in [0, 0.1) is 17.5 Å². The Hall–Kier alpha value is -3.52. The van der Waals surface area contributed by atoms with Crippen molar-refractivity contribution in [3.8, 4) is 11.5 Å². The molecule has 0 fully saturated rings. The molecule has 0 unspecified atom stereocenters. The Bertz CT molecular complexity index is 1220. The number of nitrogens with zero attached hydrogens (tertiary/aromatic N) is 1. The third kappa shape index (κ3) is 4.98. The normalized spacial score (nSPS) is 16.4. The van der Waals surface area contributed by atoms with Crippen LogP contribution >= 0.6 is 0 Å². The molecule has 1 amide bonds. The van der Waals surface area contributed by atoms with Crippen molar-refractivity contribution >= 4 is 5.91 Å². The van der Waals surface area contributed by atoms with Crippen LogP contribution in [0.5, 0.6) is 11.5 Å². The van der Waals surface area contributed by atoms with Gasteiger partial charge in [-0.05, 0) is 59.7 Å². The first-order valence-electron chi connectivity index (χ1n) is 11.3. The third-order valence-electron chi connectivity index (χ3n) is 6.54. The minimum absolute atomic E-state index is 0.0618. The van der Waals surface area contributed by atoms with Crippen molar-refractivity contribution < 1.29 is 27.4 Å². The molecule has 5 nitrogen and oxygen atoms in total. The van der Waals surface area contributed by atoms with E-state index in [9.17, 15) is 18.0 Å².